The van der Waals surface area contributed by atoms with Crippen LogP contribution in [0.25, 0.3) is 0 Å². The molecule has 1 rings (SSSR count). The summed E-state index contributed by atoms with van der Waals surface area (Å²) in [5, 5.41) is 0. The summed E-state index contributed by atoms with van der Waals surface area (Å²) in [5.41, 5.74) is 5.27. The van der Waals surface area contributed by atoms with E-state index >= 15 is 0 Å². The highest BCUT2D eigenvalue weighted by atomic mass is 16.6. The molecule has 0 aliphatic heterocycles. The summed E-state index contributed by atoms with van der Waals surface area (Å²) in [6.45, 7) is 13.6. The Hall–Kier alpha value is -2.94. The third-order valence-electron chi connectivity index (χ3n) is 6.48. The molecule has 0 aromatic heterocycles. The predicted molar refractivity (Wildman–Crippen MR) is 148 cm³/mol. The fourth-order valence-electron chi connectivity index (χ4n) is 3.67. The minimum Gasteiger partial charge on any atom is -0.468 e. The van der Waals surface area contributed by atoms with Gasteiger partial charge in [-0.15, -0.1) is 0 Å². The standard InChI is InChI=1S/C30H47NO8/c1-9-20(3)15-25(32)38-23-12-11-22(17-24(23)39-26(33)16-21(4)10-2)18-30(31,28(35)36-8)13-14-37-27(34)19-29(5,6)7/h11-12,17,20-21H,9-10,13-16,18-19,31H2,1-8H3/t20?,21?,30-/m1/s1. The number of methoxy groups -OCH3 is 1. The number of benzene rings is 1. The maximum absolute atomic E-state index is 12.7. The van der Waals surface area contributed by atoms with Crippen molar-refractivity contribution in [2.75, 3.05) is 13.7 Å². The van der Waals surface area contributed by atoms with Crippen molar-refractivity contribution in [1.29, 1.82) is 0 Å². The molecule has 220 valence electrons. The van der Waals surface area contributed by atoms with Crippen molar-refractivity contribution in [1.82, 2.24) is 0 Å². The molecule has 0 amide bonds. The van der Waals surface area contributed by atoms with E-state index in [2.05, 4.69) is 0 Å². The third kappa shape index (κ3) is 12.6. The molecule has 1 aromatic rings. The van der Waals surface area contributed by atoms with Crippen LogP contribution in [0.1, 0.15) is 92.6 Å². The molecule has 0 aliphatic carbocycles. The smallest absolute Gasteiger partial charge is 0.326 e. The molecule has 1 aromatic carbocycles. The number of esters is 4. The molecule has 0 aliphatic rings. The molecule has 39 heavy (non-hydrogen) atoms. The number of carbonyl (C=O) groups excluding carboxylic acids is 4. The average molecular weight is 550 g/mol. The highest BCUT2D eigenvalue weighted by molar-refractivity contribution is 5.81. The Labute approximate surface area is 233 Å². The first-order valence-corrected chi connectivity index (χ1v) is 13.7. The van der Waals surface area contributed by atoms with Crippen molar-refractivity contribution in [3.05, 3.63) is 23.8 Å². The van der Waals surface area contributed by atoms with E-state index in [9.17, 15) is 19.2 Å². The van der Waals surface area contributed by atoms with Crippen LogP contribution in [0.15, 0.2) is 18.2 Å². The molecule has 0 radical (unpaired) electrons. The first kappa shape index (κ1) is 34.1. The lowest BCUT2D eigenvalue weighted by Gasteiger charge is -2.27. The summed E-state index contributed by atoms with van der Waals surface area (Å²) in [4.78, 5) is 49.8. The first-order valence-electron chi connectivity index (χ1n) is 13.7. The van der Waals surface area contributed by atoms with Crippen molar-refractivity contribution in [2.24, 2.45) is 23.0 Å². The van der Waals surface area contributed by atoms with E-state index in [1.165, 1.54) is 19.2 Å². The van der Waals surface area contributed by atoms with Crippen LogP contribution < -0.4 is 15.2 Å². The van der Waals surface area contributed by atoms with E-state index in [0.717, 1.165) is 12.8 Å². The van der Waals surface area contributed by atoms with Crippen molar-refractivity contribution in [3.63, 3.8) is 0 Å². The van der Waals surface area contributed by atoms with E-state index in [0.29, 0.717) is 5.56 Å². The summed E-state index contributed by atoms with van der Waals surface area (Å²) < 4.78 is 21.4. The maximum Gasteiger partial charge on any atom is 0.326 e. The largest absolute Gasteiger partial charge is 0.468 e. The maximum atomic E-state index is 12.7. The van der Waals surface area contributed by atoms with Gasteiger partial charge in [0.15, 0.2) is 11.5 Å². The Bertz CT molecular complexity index is 984. The van der Waals surface area contributed by atoms with Crippen molar-refractivity contribution < 1.29 is 38.1 Å². The minimum absolute atomic E-state index is 0.00744. The SMILES string of the molecule is CCC(C)CC(=O)Oc1ccc(C[C@](N)(CCOC(=O)CC(C)(C)C)C(=O)OC)cc1OC(=O)CC(C)CC. The summed E-state index contributed by atoms with van der Waals surface area (Å²) in [5.74, 6) is -1.50. The molecule has 0 spiro atoms. The van der Waals surface area contributed by atoms with Crippen LogP contribution in [0, 0.1) is 17.3 Å². The lowest BCUT2D eigenvalue weighted by molar-refractivity contribution is -0.152. The van der Waals surface area contributed by atoms with Crippen molar-refractivity contribution in [2.45, 2.75) is 99.0 Å². The quantitative estimate of drug-likeness (QED) is 0.233. The van der Waals surface area contributed by atoms with Crippen LogP contribution in [-0.2, 0) is 35.1 Å². The molecule has 3 atom stereocenters. The Kier molecular flexibility index (Phi) is 13.6. The van der Waals surface area contributed by atoms with Gasteiger partial charge in [0.05, 0.1) is 20.1 Å². The van der Waals surface area contributed by atoms with E-state index in [1.807, 2.05) is 48.5 Å². The zero-order valence-corrected chi connectivity index (χ0v) is 24.9. The molecular formula is C30H47NO8. The molecule has 0 bridgehead atoms. The summed E-state index contributed by atoms with van der Waals surface area (Å²) in [7, 11) is 1.23. The zero-order valence-electron chi connectivity index (χ0n) is 24.9. The monoisotopic (exact) mass is 549 g/mol. The van der Waals surface area contributed by atoms with E-state index in [4.69, 9.17) is 24.7 Å². The molecule has 0 saturated carbocycles. The van der Waals surface area contributed by atoms with Gasteiger partial charge in [0.25, 0.3) is 0 Å². The van der Waals surface area contributed by atoms with Gasteiger partial charge in [-0.05, 0) is 34.9 Å². The summed E-state index contributed by atoms with van der Waals surface area (Å²) >= 11 is 0. The molecule has 2 N–H and O–H groups in total. The van der Waals surface area contributed by atoms with Gasteiger partial charge in [-0.25, -0.2) is 0 Å². The number of ether oxygens (including phenoxy) is 4. The number of nitrogens with two attached hydrogens (primary N) is 1. The van der Waals surface area contributed by atoms with Gasteiger partial charge >= 0.3 is 23.9 Å². The van der Waals surface area contributed by atoms with E-state index < -0.39 is 23.4 Å². The fraction of sp³-hybridized carbons (Fsp3) is 0.667. The fourth-order valence-corrected chi connectivity index (χ4v) is 3.67. The van der Waals surface area contributed by atoms with Gasteiger partial charge < -0.3 is 24.7 Å². The second-order valence-electron chi connectivity index (χ2n) is 11.7. The Morgan fingerprint density at radius 3 is 1.90 bits per heavy atom. The first-order chi connectivity index (χ1) is 18.1. The van der Waals surface area contributed by atoms with Crippen LogP contribution in [0.3, 0.4) is 0 Å². The second-order valence-corrected chi connectivity index (χ2v) is 11.7. The second kappa shape index (κ2) is 15.6. The predicted octanol–water partition coefficient (Wildman–Crippen LogP) is 5.15. The van der Waals surface area contributed by atoms with Gasteiger partial charge in [-0.2, -0.15) is 0 Å². The van der Waals surface area contributed by atoms with Gasteiger partial charge in [0.2, 0.25) is 0 Å². The molecule has 0 saturated heterocycles. The Morgan fingerprint density at radius 2 is 1.41 bits per heavy atom. The minimum atomic E-state index is -1.51. The molecule has 9 nitrogen and oxygen atoms in total. The number of carbonyl (C=O) groups is 4. The normalized spacial score (nSPS) is 14.5. The Morgan fingerprint density at radius 1 is 0.872 bits per heavy atom. The molecule has 9 heteroatoms. The molecular weight excluding hydrogens is 502 g/mol. The molecule has 0 fully saturated rings. The van der Waals surface area contributed by atoms with Crippen LogP contribution in [0.2, 0.25) is 0 Å². The van der Waals surface area contributed by atoms with Crippen molar-refractivity contribution in [3.8, 4) is 11.5 Å². The highest BCUT2D eigenvalue weighted by Crippen LogP contribution is 2.32. The van der Waals surface area contributed by atoms with E-state index in [1.54, 1.807) is 6.07 Å². The number of hydrogen-bond donors (Lipinski definition) is 1. The van der Waals surface area contributed by atoms with Crippen LogP contribution >= 0.6 is 0 Å². The topological polar surface area (TPSA) is 131 Å². The Balaban J connectivity index is 3.18. The number of hydrogen-bond acceptors (Lipinski definition) is 9. The van der Waals surface area contributed by atoms with Crippen molar-refractivity contribution >= 4 is 23.9 Å². The van der Waals surface area contributed by atoms with Crippen LogP contribution in [0.5, 0.6) is 11.5 Å². The summed E-state index contributed by atoms with van der Waals surface area (Å²) in [6.07, 6.45) is 2.30. The van der Waals surface area contributed by atoms with Crippen LogP contribution in [0.4, 0.5) is 0 Å². The van der Waals surface area contributed by atoms with Gasteiger partial charge in [0.1, 0.15) is 5.54 Å². The van der Waals surface area contributed by atoms with Gasteiger partial charge in [0, 0.05) is 25.7 Å². The summed E-state index contributed by atoms with van der Waals surface area (Å²) in [6, 6.07) is 4.71. The lowest BCUT2D eigenvalue weighted by atomic mass is 9.88. The highest BCUT2D eigenvalue weighted by Gasteiger charge is 2.36. The third-order valence-corrected chi connectivity index (χ3v) is 6.48. The van der Waals surface area contributed by atoms with E-state index in [-0.39, 0.29) is 73.4 Å². The van der Waals surface area contributed by atoms with Gasteiger partial charge in [-0.3, -0.25) is 19.2 Å². The lowest BCUT2D eigenvalue weighted by Crippen LogP contribution is -2.51. The van der Waals surface area contributed by atoms with Gasteiger partial charge in [-0.1, -0.05) is 67.4 Å². The number of rotatable bonds is 15. The molecule has 0 heterocycles. The molecule has 2 unspecified atom stereocenters. The van der Waals surface area contributed by atoms with Crippen LogP contribution in [-0.4, -0.2) is 43.1 Å². The average Bonchev–Trinajstić information content (AvgIpc) is 2.83. The zero-order chi connectivity index (χ0) is 29.8.